The molecule has 1 amide bonds. The molecule has 3 aromatic carbocycles. The number of nitrogens with zero attached hydrogens (tertiary/aromatic N) is 3. The lowest BCUT2D eigenvalue weighted by atomic mass is 9.93. The summed E-state index contributed by atoms with van der Waals surface area (Å²) in [4.78, 5) is 19.8. The van der Waals surface area contributed by atoms with E-state index in [9.17, 15) is 4.79 Å². The fourth-order valence-corrected chi connectivity index (χ4v) is 4.12. The van der Waals surface area contributed by atoms with Crippen LogP contribution in [0.5, 0.6) is 0 Å². The molecule has 4 nitrogen and oxygen atoms in total. The van der Waals surface area contributed by atoms with Gasteiger partial charge in [0.25, 0.3) is 5.91 Å². The predicted molar refractivity (Wildman–Crippen MR) is 110 cm³/mol. The van der Waals surface area contributed by atoms with E-state index in [1.165, 1.54) is 11.1 Å². The molecular weight excluding hydrogens is 346 g/mol. The number of imidazole rings is 1. The van der Waals surface area contributed by atoms with E-state index >= 15 is 0 Å². The molecule has 0 radical (unpaired) electrons. The van der Waals surface area contributed by atoms with E-state index < -0.39 is 0 Å². The zero-order chi connectivity index (χ0) is 18.9. The van der Waals surface area contributed by atoms with Gasteiger partial charge in [-0.2, -0.15) is 0 Å². The molecule has 0 bridgehead atoms. The molecule has 0 fully saturated rings. The van der Waals surface area contributed by atoms with Gasteiger partial charge in [0.05, 0.1) is 23.4 Å². The topological polar surface area (TPSA) is 38.1 Å². The first-order valence-corrected chi connectivity index (χ1v) is 9.62. The van der Waals surface area contributed by atoms with Crippen LogP contribution in [0, 0.1) is 0 Å². The Kier molecular flexibility index (Phi) is 4.17. The van der Waals surface area contributed by atoms with E-state index in [1.54, 1.807) is 0 Å². The van der Waals surface area contributed by atoms with Crippen molar-refractivity contribution >= 4 is 16.9 Å². The van der Waals surface area contributed by atoms with Crippen molar-refractivity contribution in [1.29, 1.82) is 0 Å². The van der Waals surface area contributed by atoms with Gasteiger partial charge in [-0.15, -0.1) is 0 Å². The summed E-state index contributed by atoms with van der Waals surface area (Å²) in [5.41, 5.74) is 5.39. The fraction of sp³-hybridized carbons (Fsp3) is 0.167. The Bertz CT molecular complexity index is 1130. The van der Waals surface area contributed by atoms with Gasteiger partial charge in [0, 0.05) is 18.7 Å². The summed E-state index contributed by atoms with van der Waals surface area (Å²) < 4.78 is 2.17. The molecule has 0 saturated heterocycles. The summed E-state index contributed by atoms with van der Waals surface area (Å²) in [6.07, 6.45) is 2.73. The van der Waals surface area contributed by atoms with Crippen molar-refractivity contribution in [3.63, 3.8) is 0 Å². The first-order chi connectivity index (χ1) is 13.8. The number of para-hydroxylation sites is 2. The summed E-state index contributed by atoms with van der Waals surface area (Å²) in [6, 6.07) is 26.2. The summed E-state index contributed by atoms with van der Waals surface area (Å²) in [5, 5.41) is 0. The molecule has 0 unspecified atom stereocenters. The Morgan fingerprint density at radius 1 is 0.893 bits per heavy atom. The Morgan fingerprint density at radius 2 is 1.61 bits per heavy atom. The highest BCUT2D eigenvalue weighted by atomic mass is 16.2. The highest BCUT2D eigenvalue weighted by Gasteiger charge is 2.30. The fourth-order valence-electron chi connectivity index (χ4n) is 4.12. The van der Waals surface area contributed by atoms with Crippen LogP contribution in [0.15, 0.2) is 85.2 Å². The molecule has 0 saturated carbocycles. The number of hydrogen-bond donors (Lipinski definition) is 0. The predicted octanol–water partition coefficient (Wildman–Crippen LogP) is 4.30. The molecule has 1 atom stereocenters. The minimum absolute atomic E-state index is 0.0835. The minimum atomic E-state index is 0.0835. The molecule has 28 heavy (non-hydrogen) atoms. The van der Waals surface area contributed by atoms with Crippen LogP contribution in [0.4, 0.5) is 0 Å². The SMILES string of the molecule is O=C(c1ccccc1)N1Cc2ccccc2C[C@H]1Cn1cnc2ccccc21. The minimum Gasteiger partial charge on any atom is -0.329 e. The Balaban J connectivity index is 1.52. The normalized spacial score (nSPS) is 16.1. The van der Waals surface area contributed by atoms with E-state index in [0.717, 1.165) is 29.6 Å². The highest BCUT2D eigenvalue weighted by Crippen LogP contribution is 2.27. The number of aromatic nitrogens is 2. The number of fused-ring (bicyclic) bond motifs is 2. The van der Waals surface area contributed by atoms with E-state index in [0.29, 0.717) is 6.54 Å². The van der Waals surface area contributed by atoms with Gasteiger partial charge < -0.3 is 9.47 Å². The average Bonchev–Trinajstić information content (AvgIpc) is 3.16. The summed E-state index contributed by atoms with van der Waals surface area (Å²) >= 11 is 0. The Labute approximate surface area is 164 Å². The smallest absolute Gasteiger partial charge is 0.254 e. The second-order valence-corrected chi connectivity index (χ2v) is 7.31. The molecule has 1 aliphatic heterocycles. The van der Waals surface area contributed by atoms with Crippen LogP contribution in [0.2, 0.25) is 0 Å². The van der Waals surface area contributed by atoms with Gasteiger partial charge >= 0.3 is 0 Å². The molecule has 0 aliphatic carbocycles. The van der Waals surface area contributed by atoms with Crippen molar-refractivity contribution in [2.45, 2.75) is 25.6 Å². The Hall–Kier alpha value is -3.40. The zero-order valence-corrected chi connectivity index (χ0v) is 15.5. The lowest BCUT2D eigenvalue weighted by Crippen LogP contribution is -2.46. The summed E-state index contributed by atoms with van der Waals surface area (Å²) in [6.45, 7) is 1.37. The van der Waals surface area contributed by atoms with Gasteiger partial charge in [0.1, 0.15) is 0 Å². The summed E-state index contributed by atoms with van der Waals surface area (Å²) in [7, 11) is 0. The lowest BCUT2D eigenvalue weighted by Gasteiger charge is -2.37. The first-order valence-electron chi connectivity index (χ1n) is 9.62. The van der Waals surface area contributed by atoms with E-state index in [-0.39, 0.29) is 11.9 Å². The highest BCUT2D eigenvalue weighted by molar-refractivity contribution is 5.94. The van der Waals surface area contributed by atoms with E-state index in [4.69, 9.17) is 0 Å². The number of benzene rings is 3. The number of rotatable bonds is 3. The van der Waals surface area contributed by atoms with Crippen molar-refractivity contribution in [1.82, 2.24) is 14.5 Å². The van der Waals surface area contributed by atoms with Gasteiger partial charge in [-0.05, 0) is 41.8 Å². The van der Waals surface area contributed by atoms with Crippen LogP contribution in [0.25, 0.3) is 11.0 Å². The number of carbonyl (C=O) groups is 1. The van der Waals surface area contributed by atoms with Gasteiger partial charge in [-0.3, -0.25) is 4.79 Å². The third-order valence-electron chi connectivity index (χ3n) is 5.57. The van der Waals surface area contributed by atoms with Crippen molar-refractivity contribution in [3.05, 3.63) is 102 Å². The maximum absolute atomic E-state index is 13.3. The monoisotopic (exact) mass is 367 g/mol. The van der Waals surface area contributed by atoms with Crippen LogP contribution in [-0.4, -0.2) is 26.4 Å². The zero-order valence-electron chi connectivity index (χ0n) is 15.5. The largest absolute Gasteiger partial charge is 0.329 e. The molecule has 4 heteroatoms. The van der Waals surface area contributed by atoms with Crippen molar-refractivity contribution < 1.29 is 4.79 Å². The van der Waals surface area contributed by atoms with E-state index in [2.05, 4.69) is 33.8 Å². The maximum atomic E-state index is 13.3. The second kappa shape index (κ2) is 6.97. The average molecular weight is 367 g/mol. The molecule has 0 N–H and O–H groups in total. The molecule has 0 spiro atoms. The van der Waals surface area contributed by atoms with Crippen molar-refractivity contribution in [2.75, 3.05) is 0 Å². The third kappa shape index (κ3) is 2.97. The molecule has 1 aliphatic rings. The lowest BCUT2D eigenvalue weighted by molar-refractivity contribution is 0.0620. The Morgan fingerprint density at radius 3 is 2.46 bits per heavy atom. The molecule has 138 valence electrons. The van der Waals surface area contributed by atoms with Crippen molar-refractivity contribution in [2.24, 2.45) is 0 Å². The van der Waals surface area contributed by atoms with Gasteiger partial charge in [0.15, 0.2) is 0 Å². The molecule has 1 aromatic heterocycles. The van der Waals surface area contributed by atoms with Crippen LogP contribution in [-0.2, 0) is 19.5 Å². The van der Waals surface area contributed by atoms with Crippen LogP contribution in [0.1, 0.15) is 21.5 Å². The maximum Gasteiger partial charge on any atom is 0.254 e. The second-order valence-electron chi connectivity index (χ2n) is 7.31. The molecular formula is C24H21N3O. The van der Waals surface area contributed by atoms with Crippen LogP contribution < -0.4 is 0 Å². The van der Waals surface area contributed by atoms with Gasteiger partial charge in [-0.25, -0.2) is 4.98 Å². The van der Waals surface area contributed by atoms with Crippen LogP contribution >= 0.6 is 0 Å². The third-order valence-corrected chi connectivity index (χ3v) is 5.57. The number of carbonyl (C=O) groups excluding carboxylic acids is 1. The number of amides is 1. The summed E-state index contributed by atoms with van der Waals surface area (Å²) in [5.74, 6) is 0.0875. The standard InChI is InChI=1S/C24H21N3O/c28-24(18-8-2-1-3-9-18)27-15-20-11-5-4-10-19(20)14-21(27)16-26-17-25-22-12-6-7-13-23(22)26/h1-13,17,21H,14-16H2/t21-/m0/s1. The molecule has 5 rings (SSSR count). The van der Waals surface area contributed by atoms with E-state index in [1.807, 2.05) is 65.8 Å². The number of hydrogen-bond acceptors (Lipinski definition) is 2. The molecule has 4 aromatic rings. The van der Waals surface area contributed by atoms with Gasteiger partial charge in [0.2, 0.25) is 0 Å². The van der Waals surface area contributed by atoms with Gasteiger partial charge in [-0.1, -0.05) is 54.6 Å². The molecule has 2 heterocycles. The quantitative estimate of drug-likeness (QED) is 0.541. The van der Waals surface area contributed by atoms with Crippen molar-refractivity contribution in [3.8, 4) is 0 Å². The first kappa shape index (κ1) is 16.8. The van der Waals surface area contributed by atoms with Crippen LogP contribution in [0.3, 0.4) is 0 Å².